The predicted octanol–water partition coefficient (Wildman–Crippen LogP) is 1.92. The van der Waals surface area contributed by atoms with Crippen molar-refractivity contribution in [3.63, 3.8) is 0 Å². The lowest BCUT2D eigenvalue weighted by molar-refractivity contribution is -0.164. The monoisotopic (exact) mass is 216 g/mol. The summed E-state index contributed by atoms with van der Waals surface area (Å²) in [6.45, 7) is 8.44. The van der Waals surface area contributed by atoms with Gasteiger partial charge in [-0.2, -0.15) is 0 Å². The van der Waals surface area contributed by atoms with Crippen molar-refractivity contribution in [1.82, 2.24) is 0 Å². The van der Waals surface area contributed by atoms with E-state index in [4.69, 9.17) is 4.74 Å². The maximum Gasteiger partial charge on any atom is 0.311 e. The first-order valence-electron chi connectivity index (χ1n) is 4.89. The molecule has 0 aromatic heterocycles. The van der Waals surface area contributed by atoms with Gasteiger partial charge in [0.2, 0.25) is 0 Å². The van der Waals surface area contributed by atoms with Gasteiger partial charge >= 0.3 is 11.9 Å². The normalized spacial score (nSPS) is 12.1. The first-order chi connectivity index (χ1) is 6.60. The van der Waals surface area contributed by atoms with Gasteiger partial charge in [0, 0.05) is 13.3 Å². The van der Waals surface area contributed by atoms with Crippen LogP contribution in [0.3, 0.4) is 0 Å². The number of carbonyl (C=O) groups is 2. The molecule has 0 fully saturated rings. The number of ether oxygens (including phenoxy) is 2. The number of methoxy groups -OCH3 is 1. The quantitative estimate of drug-likeness (QED) is 0.674. The van der Waals surface area contributed by atoms with Crippen molar-refractivity contribution >= 4 is 11.9 Å². The number of rotatable bonds is 4. The smallest absolute Gasteiger partial charge is 0.311 e. The molecule has 0 aromatic rings. The Hall–Kier alpha value is -1.06. The van der Waals surface area contributed by atoms with Crippen LogP contribution in [0.2, 0.25) is 0 Å². The fourth-order valence-corrected chi connectivity index (χ4v) is 1.84. The van der Waals surface area contributed by atoms with E-state index >= 15 is 0 Å². The molecule has 0 aromatic carbocycles. The first-order valence-corrected chi connectivity index (χ1v) is 4.89. The Labute approximate surface area is 90.9 Å². The van der Waals surface area contributed by atoms with Gasteiger partial charge in [0.1, 0.15) is 5.60 Å². The number of hydrogen-bond acceptors (Lipinski definition) is 4. The van der Waals surface area contributed by atoms with Crippen molar-refractivity contribution in [1.29, 1.82) is 0 Å². The zero-order valence-electron chi connectivity index (χ0n) is 10.3. The number of esters is 2. The highest BCUT2D eigenvalue weighted by Crippen LogP contribution is 2.31. The van der Waals surface area contributed by atoms with Gasteiger partial charge in [-0.15, -0.1) is 0 Å². The third-order valence-electron chi connectivity index (χ3n) is 2.03. The fraction of sp³-hybridized carbons (Fsp3) is 0.818. The van der Waals surface area contributed by atoms with E-state index in [0.29, 0.717) is 6.42 Å². The number of carbonyl (C=O) groups excluding carboxylic acids is 2. The fourth-order valence-electron chi connectivity index (χ4n) is 1.84. The Morgan fingerprint density at radius 2 is 1.60 bits per heavy atom. The third-order valence-corrected chi connectivity index (χ3v) is 2.03. The van der Waals surface area contributed by atoms with E-state index in [0.717, 1.165) is 0 Å². The molecule has 0 unspecified atom stereocenters. The van der Waals surface area contributed by atoms with Crippen molar-refractivity contribution in [2.75, 3.05) is 7.11 Å². The summed E-state index contributed by atoms with van der Waals surface area (Å²) in [5, 5.41) is 0. The van der Waals surface area contributed by atoms with Gasteiger partial charge in [-0.3, -0.25) is 9.59 Å². The summed E-state index contributed by atoms with van der Waals surface area (Å²) < 4.78 is 9.81. The zero-order chi connectivity index (χ0) is 12.3. The zero-order valence-corrected chi connectivity index (χ0v) is 10.3. The van der Waals surface area contributed by atoms with Gasteiger partial charge < -0.3 is 9.47 Å². The van der Waals surface area contributed by atoms with E-state index in [1.165, 1.54) is 14.0 Å². The maximum atomic E-state index is 11.4. The summed E-state index contributed by atoms with van der Waals surface area (Å²) in [6, 6.07) is 0. The third kappa shape index (κ3) is 4.81. The van der Waals surface area contributed by atoms with E-state index in [9.17, 15) is 9.59 Å². The van der Waals surface area contributed by atoms with Gasteiger partial charge in [0.05, 0.1) is 12.5 Å². The summed E-state index contributed by atoms with van der Waals surface area (Å²) in [6.07, 6.45) is 0.423. The number of hydrogen-bond donors (Lipinski definition) is 0. The lowest BCUT2D eigenvalue weighted by Crippen LogP contribution is -2.37. The molecule has 0 aliphatic heterocycles. The van der Waals surface area contributed by atoms with Crippen LogP contribution in [0.4, 0.5) is 0 Å². The second-order valence-corrected chi connectivity index (χ2v) is 4.91. The predicted molar refractivity (Wildman–Crippen MR) is 56.3 cm³/mol. The summed E-state index contributed by atoms with van der Waals surface area (Å²) in [7, 11) is 1.35. The Kier molecular flexibility index (Phi) is 4.31. The molecule has 0 saturated heterocycles. The molecule has 4 nitrogen and oxygen atoms in total. The van der Waals surface area contributed by atoms with Gasteiger partial charge in [0.25, 0.3) is 0 Å². The topological polar surface area (TPSA) is 52.6 Å². The summed E-state index contributed by atoms with van der Waals surface area (Å²) in [5.74, 6) is -0.650. The average molecular weight is 216 g/mol. The molecule has 88 valence electrons. The molecular weight excluding hydrogens is 196 g/mol. The molecule has 0 rings (SSSR count). The molecule has 0 atom stereocenters. The molecule has 15 heavy (non-hydrogen) atoms. The van der Waals surface area contributed by atoms with Gasteiger partial charge in [-0.1, -0.05) is 0 Å². The highest BCUT2D eigenvalue weighted by Gasteiger charge is 2.37. The largest absolute Gasteiger partial charge is 0.469 e. The molecule has 0 N–H and O–H groups in total. The minimum absolute atomic E-state index is 0.303. The molecule has 0 saturated carbocycles. The van der Waals surface area contributed by atoms with Crippen LogP contribution in [0.5, 0.6) is 0 Å². The molecular formula is C11H20O4. The van der Waals surface area contributed by atoms with E-state index in [1.54, 1.807) is 27.7 Å². The minimum Gasteiger partial charge on any atom is -0.469 e. The van der Waals surface area contributed by atoms with Crippen LogP contribution in [0.15, 0.2) is 0 Å². The molecule has 4 heteroatoms. The molecule has 0 bridgehead atoms. The standard InChI is InChI=1S/C11H20O4/c1-8(12)15-11(4,5)7-10(2,3)9(13)14-6/h7H2,1-6H3. The lowest BCUT2D eigenvalue weighted by Gasteiger charge is -2.32. The average Bonchev–Trinajstić information content (AvgIpc) is 1.97. The van der Waals surface area contributed by atoms with Gasteiger partial charge in [-0.05, 0) is 27.7 Å². The SMILES string of the molecule is COC(=O)C(C)(C)CC(C)(C)OC(C)=O. The van der Waals surface area contributed by atoms with Gasteiger partial charge in [-0.25, -0.2) is 0 Å². The van der Waals surface area contributed by atoms with Crippen LogP contribution < -0.4 is 0 Å². The summed E-state index contributed by atoms with van der Waals surface area (Å²) in [5.41, 5.74) is -1.32. The van der Waals surface area contributed by atoms with Crippen molar-refractivity contribution in [3.05, 3.63) is 0 Å². The van der Waals surface area contributed by atoms with Crippen molar-refractivity contribution in [2.45, 2.75) is 46.6 Å². The van der Waals surface area contributed by atoms with Crippen LogP contribution in [0.1, 0.15) is 41.0 Å². The minimum atomic E-state index is -0.663. The molecule has 0 amide bonds. The van der Waals surface area contributed by atoms with Crippen LogP contribution in [0.25, 0.3) is 0 Å². The van der Waals surface area contributed by atoms with Crippen LogP contribution >= 0.6 is 0 Å². The molecule has 0 radical (unpaired) electrons. The van der Waals surface area contributed by atoms with Crippen LogP contribution in [0, 0.1) is 5.41 Å². The Bertz CT molecular complexity index is 253. The molecule has 0 aliphatic rings. The highest BCUT2D eigenvalue weighted by molar-refractivity contribution is 5.76. The van der Waals surface area contributed by atoms with Crippen molar-refractivity contribution in [3.8, 4) is 0 Å². The van der Waals surface area contributed by atoms with E-state index < -0.39 is 11.0 Å². The highest BCUT2D eigenvalue weighted by atomic mass is 16.6. The Morgan fingerprint density at radius 1 is 1.13 bits per heavy atom. The maximum absolute atomic E-state index is 11.4. The van der Waals surface area contributed by atoms with E-state index in [2.05, 4.69) is 4.74 Å². The molecule has 0 aliphatic carbocycles. The second kappa shape index (κ2) is 4.64. The van der Waals surface area contributed by atoms with Crippen molar-refractivity contribution in [2.24, 2.45) is 5.41 Å². The van der Waals surface area contributed by atoms with Crippen LogP contribution in [-0.2, 0) is 19.1 Å². The first kappa shape index (κ1) is 13.9. The Balaban J connectivity index is 4.56. The van der Waals surface area contributed by atoms with E-state index in [-0.39, 0.29) is 11.9 Å². The van der Waals surface area contributed by atoms with E-state index in [1.807, 2.05) is 0 Å². The van der Waals surface area contributed by atoms with Crippen molar-refractivity contribution < 1.29 is 19.1 Å². The Morgan fingerprint density at radius 3 is 1.93 bits per heavy atom. The van der Waals surface area contributed by atoms with Crippen LogP contribution in [-0.4, -0.2) is 24.6 Å². The lowest BCUT2D eigenvalue weighted by atomic mass is 9.82. The summed E-state index contributed by atoms with van der Waals surface area (Å²) >= 11 is 0. The molecule has 0 spiro atoms. The molecule has 0 heterocycles. The van der Waals surface area contributed by atoms with Gasteiger partial charge in [0.15, 0.2) is 0 Å². The summed E-state index contributed by atoms with van der Waals surface area (Å²) in [4.78, 5) is 22.3. The second-order valence-electron chi connectivity index (χ2n) is 4.91.